The Morgan fingerprint density at radius 1 is 0.795 bits per heavy atom. The lowest BCUT2D eigenvalue weighted by molar-refractivity contribution is -0.191. The molecule has 0 saturated carbocycles. The number of ketones is 3. The van der Waals surface area contributed by atoms with Crippen molar-refractivity contribution in [2.24, 2.45) is 17.3 Å². The molecule has 0 radical (unpaired) electrons. The van der Waals surface area contributed by atoms with E-state index in [1.807, 2.05) is 34.6 Å². The molecule has 3 unspecified atom stereocenters. The number of aromatic hydroxyl groups is 1. The maximum atomic E-state index is 14.5. The van der Waals surface area contributed by atoms with Crippen LogP contribution in [0.5, 0.6) is 5.75 Å². The molecule has 0 fully saturated rings. The molecular formula is C59H82N6O18. The molecule has 0 spiro atoms. The second-order valence-corrected chi connectivity index (χ2v) is 22.8. The summed E-state index contributed by atoms with van der Waals surface area (Å²) in [6.07, 6.45) is -9.90. The number of esters is 2. The van der Waals surface area contributed by atoms with Gasteiger partial charge in [-0.15, -0.1) is 0 Å². The number of aliphatic hydroxyl groups is 4. The largest absolute Gasteiger partial charge is 0.508 e. The van der Waals surface area contributed by atoms with Gasteiger partial charge in [0.1, 0.15) is 42.5 Å². The maximum Gasteiger partial charge on any atom is 0.355 e. The number of nitrogens with zero attached hydrogens (tertiary/aromatic N) is 2. The SMILES string of the molecule is CCc1c2c(nc3ccc(O)cc13)-c1cc3c(c(=O)n1C2)COC(=O)[C@@]3(CC)OC(=O)C(CC(C)C)NC(=O)CC(NC(=O)CCOCCC(C)=O)C(=O)CCCNC(=O)[C@H](O)[C@@H](O)[C@@H](O)[C@H](O)C(=O)CCCNC(=O)C(CC)C(C)(C)C. The second kappa shape index (κ2) is 29.5. The summed E-state index contributed by atoms with van der Waals surface area (Å²) >= 11 is 0. The van der Waals surface area contributed by atoms with Crippen LogP contribution in [-0.4, -0.2) is 151 Å². The maximum absolute atomic E-state index is 14.5. The Labute approximate surface area is 481 Å². The summed E-state index contributed by atoms with van der Waals surface area (Å²) in [5, 5.41) is 63.2. The predicted molar refractivity (Wildman–Crippen MR) is 300 cm³/mol. The highest BCUT2D eigenvalue weighted by atomic mass is 16.6. The Bertz CT molecular complexity index is 2970. The number of phenols is 1. The van der Waals surface area contributed by atoms with Gasteiger partial charge >= 0.3 is 11.9 Å². The number of cyclic esters (lactones) is 1. The van der Waals surface area contributed by atoms with Crippen LogP contribution >= 0.6 is 0 Å². The number of nitrogens with one attached hydrogen (secondary N) is 4. The number of phenolic OH excluding ortho intramolecular Hbond substituents is 1. The number of hydrogen-bond acceptors (Lipinski definition) is 19. The van der Waals surface area contributed by atoms with Gasteiger partial charge in [0.2, 0.25) is 23.3 Å². The Morgan fingerprint density at radius 2 is 1.42 bits per heavy atom. The number of rotatable bonds is 32. The van der Waals surface area contributed by atoms with Gasteiger partial charge in [-0.3, -0.25) is 38.4 Å². The molecule has 2 aromatic heterocycles. The summed E-state index contributed by atoms with van der Waals surface area (Å²) < 4.78 is 18.6. The van der Waals surface area contributed by atoms with Crippen LogP contribution in [0.15, 0.2) is 29.1 Å². The van der Waals surface area contributed by atoms with Gasteiger partial charge in [0.25, 0.3) is 11.5 Å². The first kappa shape index (κ1) is 66.8. The number of aliphatic hydroxyl groups excluding tert-OH is 4. The standard InChI is InChI=1S/C59H82N6O18/c1-10-34-35-26-33(67)17-18-40(35)64-48-36(34)29-65-43(48)27-39-37(55(65)78)30-82-57(80)59(39,12-3)83-56(79)42(25-31(4)5)63-47(71)28-41(62-46(70)20-24-81-23-19-32(6)66)44(68)15-13-22-61-54(77)52(75)51(74)50(73)49(72)45(69)16-14-21-60-53(76)38(11-2)58(7,8)9/h17-18,26-27,31,38,41-42,49-52,67,72-75H,10-16,19-25,28-30H2,1-9H3,(H,60,76)(H,61,77)(H,62,70)(H,63,71)/t38?,41?,42?,49-,50+,51+,52-,59+/m1/s1. The molecule has 1 aromatic carbocycles. The molecule has 3 aromatic rings. The third kappa shape index (κ3) is 16.6. The number of benzene rings is 1. The molecule has 0 aliphatic carbocycles. The molecule has 4 heterocycles. The number of ether oxygens (including phenoxy) is 3. The number of hydrogen-bond donors (Lipinski definition) is 9. The fourth-order valence-electron chi connectivity index (χ4n) is 10.5. The first-order valence-electron chi connectivity index (χ1n) is 28.4. The topological polar surface area (TPSA) is 365 Å². The summed E-state index contributed by atoms with van der Waals surface area (Å²) in [5.74, 6) is -7.33. The van der Waals surface area contributed by atoms with E-state index >= 15 is 0 Å². The van der Waals surface area contributed by atoms with Gasteiger partial charge in [-0.1, -0.05) is 55.4 Å². The highest BCUT2D eigenvalue weighted by Crippen LogP contribution is 2.43. The summed E-state index contributed by atoms with van der Waals surface area (Å²) in [6, 6.07) is 3.41. The summed E-state index contributed by atoms with van der Waals surface area (Å²) in [5.41, 5.74) is 0.248. The van der Waals surface area contributed by atoms with Gasteiger partial charge in [-0.25, -0.2) is 14.6 Å². The average Bonchev–Trinajstić information content (AvgIpc) is 3.53. The monoisotopic (exact) mass is 1160 g/mol. The summed E-state index contributed by atoms with van der Waals surface area (Å²) in [7, 11) is 0. The molecule has 0 saturated heterocycles. The van der Waals surface area contributed by atoms with Gasteiger partial charge in [-0.05, 0) is 86.6 Å². The Kier molecular flexibility index (Phi) is 23.7. The summed E-state index contributed by atoms with van der Waals surface area (Å²) in [6.45, 7) is 15.5. The van der Waals surface area contributed by atoms with Gasteiger partial charge in [0.15, 0.2) is 17.7 Å². The zero-order valence-electron chi connectivity index (χ0n) is 48.9. The van der Waals surface area contributed by atoms with Gasteiger partial charge in [0, 0.05) is 61.2 Å². The van der Waals surface area contributed by atoms with Gasteiger partial charge in [-0.2, -0.15) is 0 Å². The van der Waals surface area contributed by atoms with E-state index in [0.717, 1.165) is 16.5 Å². The van der Waals surface area contributed by atoms with E-state index in [2.05, 4.69) is 21.3 Å². The molecule has 5 rings (SSSR count). The molecule has 9 N–H and O–H groups in total. The molecule has 24 nitrogen and oxygen atoms in total. The van der Waals surface area contributed by atoms with E-state index in [4.69, 9.17) is 19.2 Å². The first-order valence-corrected chi connectivity index (χ1v) is 28.4. The minimum atomic E-state index is -2.35. The molecule has 83 heavy (non-hydrogen) atoms. The highest BCUT2D eigenvalue weighted by molar-refractivity contribution is 5.95. The number of amides is 4. The highest BCUT2D eigenvalue weighted by Gasteiger charge is 2.51. The van der Waals surface area contributed by atoms with Crippen molar-refractivity contribution in [3.63, 3.8) is 0 Å². The Balaban J connectivity index is 1.25. The van der Waals surface area contributed by atoms with Crippen LogP contribution in [0.2, 0.25) is 0 Å². The number of aromatic nitrogens is 2. The van der Waals surface area contributed by atoms with E-state index in [0.29, 0.717) is 29.7 Å². The lowest BCUT2D eigenvalue weighted by Gasteiger charge is -2.36. The number of fused-ring (bicyclic) bond motifs is 5. The molecule has 0 bridgehead atoms. The van der Waals surface area contributed by atoms with Crippen LogP contribution < -0.4 is 26.8 Å². The lowest BCUT2D eigenvalue weighted by atomic mass is 9.78. The Hall–Kier alpha value is -6.99. The molecular weight excluding hydrogens is 1080 g/mol. The normalized spacial score (nSPS) is 17.1. The third-order valence-electron chi connectivity index (χ3n) is 15.1. The van der Waals surface area contributed by atoms with Crippen LogP contribution in [0.3, 0.4) is 0 Å². The van der Waals surface area contributed by atoms with E-state index in [9.17, 15) is 73.5 Å². The second-order valence-electron chi connectivity index (χ2n) is 22.8. The number of Topliss-reactive ketones (excluding diaryl/α,β-unsaturated/α-hetero) is 3. The van der Waals surface area contributed by atoms with Crippen molar-refractivity contribution >= 4 is 63.8 Å². The minimum absolute atomic E-state index is 0.0342. The van der Waals surface area contributed by atoms with Crippen molar-refractivity contribution in [2.75, 3.05) is 26.3 Å². The zero-order valence-corrected chi connectivity index (χ0v) is 48.9. The lowest BCUT2D eigenvalue weighted by Crippen LogP contribution is -2.53. The third-order valence-corrected chi connectivity index (χ3v) is 15.1. The van der Waals surface area contributed by atoms with Crippen molar-refractivity contribution in [3.05, 3.63) is 56.9 Å². The van der Waals surface area contributed by atoms with Crippen LogP contribution in [0, 0.1) is 17.3 Å². The van der Waals surface area contributed by atoms with Crippen molar-refractivity contribution < 1.29 is 82.9 Å². The van der Waals surface area contributed by atoms with E-state index in [1.54, 1.807) is 39.0 Å². The summed E-state index contributed by atoms with van der Waals surface area (Å²) in [4.78, 5) is 138. The Morgan fingerprint density at radius 3 is 2.04 bits per heavy atom. The fraction of sp³-hybridized carbons (Fsp3) is 0.610. The van der Waals surface area contributed by atoms with Crippen LogP contribution in [0.4, 0.5) is 0 Å². The number of aryl methyl sites for hydroxylation is 1. The fourth-order valence-corrected chi connectivity index (χ4v) is 10.5. The van der Waals surface area contributed by atoms with E-state index in [-0.39, 0.29) is 130 Å². The number of pyridine rings is 2. The van der Waals surface area contributed by atoms with Crippen LogP contribution in [0.25, 0.3) is 22.3 Å². The van der Waals surface area contributed by atoms with Crippen LogP contribution in [0.1, 0.15) is 149 Å². The minimum Gasteiger partial charge on any atom is -0.508 e. The molecule has 8 atom stereocenters. The molecule has 2 aliphatic rings. The average molecular weight is 1160 g/mol. The first-order chi connectivity index (χ1) is 39.1. The van der Waals surface area contributed by atoms with Gasteiger partial charge in [0.05, 0.1) is 54.7 Å². The predicted octanol–water partition coefficient (Wildman–Crippen LogP) is 2.14. The zero-order chi connectivity index (χ0) is 61.7. The van der Waals surface area contributed by atoms with Crippen molar-refractivity contribution in [1.82, 2.24) is 30.8 Å². The smallest absolute Gasteiger partial charge is 0.355 e. The van der Waals surface area contributed by atoms with Crippen molar-refractivity contribution in [2.45, 2.75) is 188 Å². The molecule has 456 valence electrons. The number of carbonyl (C=O) groups is 9. The van der Waals surface area contributed by atoms with Gasteiger partial charge < -0.3 is 65.6 Å². The van der Waals surface area contributed by atoms with E-state index in [1.165, 1.54) is 17.6 Å². The number of carbonyl (C=O) groups excluding carboxylic acids is 9. The van der Waals surface area contributed by atoms with Crippen molar-refractivity contribution in [3.8, 4) is 17.1 Å². The quantitative estimate of drug-likeness (QED) is 0.0250. The van der Waals surface area contributed by atoms with Crippen LogP contribution in [-0.2, 0) is 82.5 Å². The van der Waals surface area contributed by atoms with Crippen molar-refractivity contribution in [1.29, 1.82) is 0 Å². The molecule has 2 aliphatic heterocycles. The molecule has 24 heteroatoms. The molecule has 4 amide bonds. The van der Waals surface area contributed by atoms with E-state index < -0.39 is 102 Å².